The van der Waals surface area contributed by atoms with E-state index in [2.05, 4.69) is 54.0 Å². The lowest BCUT2D eigenvalue weighted by atomic mass is 10.0. The Hall–Kier alpha value is -2.19. The van der Waals surface area contributed by atoms with Crippen LogP contribution in [0.25, 0.3) is 10.1 Å². The minimum Gasteiger partial charge on any atom is -0.461 e. The SMILES string of the molecule is CSCC[C@H](NCc1ccc(CCCc2ccc3cc(C(=O)CO)sc3c2)cc1)C(=O)OC1CCCC1. The summed E-state index contributed by atoms with van der Waals surface area (Å²) in [5.74, 6) is 0.605. The topological polar surface area (TPSA) is 75.6 Å². The number of ether oxygens (including phenoxy) is 1. The average molecular weight is 540 g/mol. The average Bonchev–Trinajstić information content (AvgIpc) is 3.58. The Balaban J connectivity index is 1.24. The number of thioether (sulfide) groups is 1. The van der Waals surface area contributed by atoms with Crippen molar-refractivity contribution >= 4 is 44.9 Å². The van der Waals surface area contributed by atoms with Crippen molar-refractivity contribution in [2.75, 3.05) is 18.6 Å². The summed E-state index contributed by atoms with van der Waals surface area (Å²) in [6, 6.07) is 16.6. The van der Waals surface area contributed by atoms with Gasteiger partial charge in [-0.1, -0.05) is 36.4 Å². The Kier molecular flexibility index (Phi) is 10.6. The van der Waals surface area contributed by atoms with Gasteiger partial charge in [0.2, 0.25) is 0 Å². The first-order valence-electron chi connectivity index (χ1n) is 13.2. The van der Waals surface area contributed by atoms with Crippen molar-refractivity contribution in [3.63, 3.8) is 0 Å². The molecule has 2 N–H and O–H groups in total. The second-order valence-corrected chi connectivity index (χ2v) is 11.9. The van der Waals surface area contributed by atoms with Crippen LogP contribution in [-0.2, 0) is 28.9 Å². The summed E-state index contributed by atoms with van der Waals surface area (Å²) >= 11 is 3.20. The van der Waals surface area contributed by atoms with Crippen molar-refractivity contribution in [3.05, 3.63) is 70.1 Å². The highest BCUT2D eigenvalue weighted by molar-refractivity contribution is 7.98. The van der Waals surface area contributed by atoms with Crippen LogP contribution in [0, 0.1) is 0 Å². The van der Waals surface area contributed by atoms with Gasteiger partial charge in [0.25, 0.3) is 0 Å². The molecule has 0 radical (unpaired) electrons. The van der Waals surface area contributed by atoms with Crippen LogP contribution in [0.4, 0.5) is 0 Å². The summed E-state index contributed by atoms with van der Waals surface area (Å²) < 4.78 is 6.86. The van der Waals surface area contributed by atoms with E-state index in [4.69, 9.17) is 9.84 Å². The van der Waals surface area contributed by atoms with Crippen molar-refractivity contribution in [1.29, 1.82) is 0 Å². The fraction of sp³-hybridized carbons (Fsp3) is 0.467. The number of aliphatic hydroxyl groups excluding tert-OH is 1. The molecular weight excluding hydrogens is 502 g/mol. The summed E-state index contributed by atoms with van der Waals surface area (Å²) in [5.41, 5.74) is 3.73. The molecule has 198 valence electrons. The van der Waals surface area contributed by atoms with E-state index in [-0.39, 0.29) is 23.9 Å². The Morgan fingerprint density at radius 2 is 1.76 bits per heavy atom. The molecule has 0 spiro atoms. The van der Waals surface area contributed by atoms with Gasteiger partial charge in [0.15, 0.2) is 5.78 Å². The number of aryl methyl sites for hydroxylation is 2. The minimum atomic E-state index is -0.444. The van der Waals surface area contributed by atoms with Crippen molar-refractivity contribution in [1.82, 2.24) is 5.32 Å². The summed E-state index contributed by atoms with van der Waals surface area (Å²) in [6.45, 7) is 0.209. The second-order valence-electron chi connectivity index (χ2n) is 9.79. The van der Waals surface area contributed by atoms with E-state index < -0.39 is 6.61 Å². The summed E-state index contributed by atoms with van der Waals surface area (Å²) in [7, 11) is 0. The number of hydrogen-bond donors (Lipinski definition) is 2. The van der Waals surface area contributed by atoms with Gasteiger partial charge in [-0.3, -0.25) is 9.59 Å². The van der Waals surface area contributed by atoms with Gasteiger partial charge in [0.05, 0.1) is 4.88 Å². The molecule has 4 rings (SSSR count). The third kappa shape index (κ3) is 8.14. The highest BCUT2D eigenvalue weighted by atomic mass is 32.2. The van der Waals surface area contributed by atoms with Crippen LogP contribution >= 0.6 is 23.1 Å². The maximum atomic E-state index is 12.7. The van der Waals surface area contributed by atoms with Gasteiger partial charge in [-0.05, 0) is 97.6 Å². The molecule has 1 heterocycles. The molecule has 1 aliphatic rings. The van der Waals surface area contributed by atoms with Crippen LogP contribution in [0.15, 0.2) is 48.5 Å². The van der Waals surface area contributed by atoms with E-state index in [1.165, 1.54) is 28.0 Å². The first kappa shape index (κ1) is 27.8. The number of thiophene rings is 1. The highest BCUT2D eigenvalue weighted by Crippen LogP contribution is 2.27. The first-order valence-corrected chi connectivity index (χ1v) is 15.4. The normalized spacial score (nSPS) is 14.8. The molecule has 1 atom stereocenters. The number of rotatable bonds is 14. The van der Waals surface area contributed by atoms with E-state index in [9.17, 15) is 9.59 Å². The molecule has 0 unspecified atom stereocenters. The maximum absolute atomic E-state index is 12.7. The van der Waals surface area contributed by atoms with Crippen LogP contribution in [0.2, 0.25) is 0 Å². The number of aliphatic hydroxyl groups is 1. The molecule has 1 aromatic heterocycles. The molecular formula is C30H37NO4S2. The Bertz CT molecular complexity index is 1170. The number of carbonyl (C=O) groups is 2. The van der Waals surface area contributed by atoms with Crippen molar-refractivity contribution in [3.8, 4) is 0 Å². The molecule has 37 heavy (non-hydrogen) atoms. The van der Waals surface area contributed by atoms with Gasteiger partial charge in [0.1, 0.15) is 18.8 Å². The molecule has 0 aliphatic heterocycles. The largest absolute Gasteiger partial charge is 0.461 e. The van der Waals surface area contributed by atoms with Crippen LogP contribution in [0.1, 0.15) is 64.9 Å². The molecule has 1 saturated carbocycles. The lowest BCUT2D eigenvalue weighted by Gasteiger charge is -2.20. The van der Waals surface area contributed by atoms with E-state index in [0.29, 0.717) is 11.4 Å². The number of carbonyl (C=O) groups excluding carboxylic acids is 2. The van der Waals surface area contributed by atoms with Crippen molar-refractivity contribution in [2.45, 2.75) is 70.1 Å². The minimum absolute atomic E-state index is 0.102. The molecule has 3 aromatic rings. The number of esters is 1. The summed E-state index contributed by atoms with van der Waals surface area (Å²) in [5, 5.41) is 13.6. The summed E-state index contributed by atoms with van der Waals surface area (Å²) in [4.78, 5) is 25.1. The quantitative estimate of drug-likeness (QED) is 0.195. The lowest BCUT2D eigenvalue weighted by Crippen LogP contribution is -2.39. The maximum Gasteiger partial charge on any atom is 0.323 e. The number of fused-ring (bicyclic) bond motifs is 1. The molecule has 1 aliphatic carbocycles. The van der Waals surface area contributed by atoms with Crippen molar-refractivity contribution < 1.29 is 19.4 Å². The number of nitrogens with one attached hydrogen (secondary N) is 1. The molecule has 0 amide bonds. The lowest BCUT2D eigenvalue weighted by molar-refractivity contribution is -0.151. The van der Waals surface area contributed by atoms with Gasteiger partial charge >= 0.3 is 5.97 Å². The molecule has 1 fully saturated rings. The second kappa shape index (κ2) is 14.1. The zero-order valence-corrected chi connectivity index (χ0v) is 23.2. The Morgan fingerprint density at radius 1 is 1.05 bits per heavy atom. The van der Waals surface area contributed by atoms with Crippen molar-refractivity contribution in [2.24, 2.45) is 0 Å². The van der Waals surface area contributed by atoms with Gasteiger partial charge in [-0.25, -0.2) is 0 Å². The van der Waals surface area contributed by atoms with Crippen LogP contribution in [0.5, 0.6) is 0 Å². The zero-order valence-electron chi connectivity index (χ0n) is 21.5. The molecule has 0 bridgehead atoms. The predicted molar refractivity (Wildman–Crippen MR) is 154 cm³/mol. The summed E-state index contributed by atoms with van der Waals surface area (Å²) in [6.07, 6.45) is 10.3. The molecule has 2 aromatic carbocycles. The van der Waals surface area contributed by atoms with E-state index >= 15 is 0 Å². The van der Waals surface area contributed by atoms with Gasteiger partial charge in [-0.2, -0.15) is 11.8 Å². The third-order valence-corrected chi connectivity index (χ3v) is 8.77. The standard InChI is InChI=1S/C30H37NO4S2/c1-36-16-15-26(30(34)35-25-7-2-3-8-25)31-19-23-11-9-21(10-12-23)5-4-6-22-13-14-24-18-29(27(33)20-32)37-28(24)17-22/h9-14,17-18,25-26,31-32H,2-8,15-16,19-20H2,1H3/t26-/m0/s1. The fourth-order valence-corrected chi connectivity index (χ4v) is 6.33. The van der Waals surface area contributed by atoms with Gasteiger partial charge in [0, 0.05) is 11.2 Å². The van der Waals surface area contributed by atoms with E-state index in [1.54, 1.807) is 11.8 Å². The van der Waals surface area contributed by atoms with Gasteiger partial charge < -0.3 is 15.2 Å². The Morgan fingerprint density at radius 3 is 2.49 bits per heavy atom. The predicted octanol–water partition coefficient (Wildman–Crippen LogP) is 5.95. The highest BCUT2D eigenvalue weighted by Gasteiger charge is 2.25. The van der Waals surface area contributed by atoms with E-state index in [1.807, 2.05) is 6.07 Å². The monoisotopic (exact) mass is 539 g/mol. The third-order valence-electron chi connectivity index (χ3n) is 6.99. The molecule has 7 heteroatoms. The first-order chi connectivity index (χ1) is 18.1. The van der Waals surface area contributed by atoms with Gasteiger partial charge in [-0.15, -0.1) is 11.3 Å². The van der Waals surface area contributed by atoms with Crippen LogP contribution in [0.3, 0.4) is 0 Å². The number of benzene rings is 2. The molecule has 0 saturated heterocycles. The number of ketones is 1. The zero-order chi connectivity index (χ0) is 26.0. The smallest absolute Gasteiger partial charge is 0.323 e. The van der Waals surface area contributed by atoms with E-state index in [0.717, 1.165) is 67.2 Å². The molecule has 5 nitrogen and oxygen atoms in total. The fourth-order valence-electron chi connectivity index (χ4n) is 4.80. The number of hydrogen-bond acceptors (Lipinski definition) is 7. The Labute approximate surface area is 228 Å². The number of Topliss-reactive ketones (excluding diaryl/α,β-unsaturated/α-hetero) is 1. The van der Waals surface area contributed by atoms with Crippen LogP contribution < -0.4 is 5.32 Å². The van der Waals surface area contributed by atoms with Crippen LogP contribution in [-0.4, -0.2) is 47.6 Å².